The molecule has 0 atom stereocenters. The molecule has 0 unspecified atom stereocenters. The fourth-order valence-corrected chi connectivity index (χ4v) is 1.87. The quantitative estimate of drug-likeness (QED) is 0.821. The highest BCUT2D eigenvalue weighted by Gasteiger charge is 2.13. The van der Waals surface area contributed by atoms with E-state index in [1.54, 1.807) is 12.1 Å². The molecule has 7 heteroatoms. The van der Waals surface area contributed by atoms with Crippen molar-refractivity contribution in [2.75, 3.05) is 19.0 Å². The molecule has 0 aliphatic carbocycles. The molecule has 118 valence electrons. The highest BCUT2D eigenvalue weighted by atomic mass is 16.4. The van der Waals surface area contributed by atoms with Crippen LogP contribution in [-0.2, 0) is 0 Å². The van der Waals surface area contributed by atoms with E-state index in [9.17, 15) is 14.7 Å². The molecule has 2 N–H and O–H groups in total. The Labute approximate surface area is 132 Å². The van der Waals surface area contributed by atoms with Crippen molar-refractivity contribution in [3.05, 3.63) is 53.6 Å². The standard InChI is InChI=1S/C16H15N3O4/c1-19(2)12-5-3-4-11(9-12)17-18-14-7-6-10(15(20)21)8-13(14)16(22)23/h3-9H,1-2H3,(H,20,21)(H,22,23). The van der Waals surface area contributed by atoms with Crippen molar-refractivity contribution in [3.63, 3.8) is 0 Å². The van der Waals surface area contributed by atoms with Gasteiger partial charge in [-0.15, -0.1) is 5.11 Å². The maximum absolute atomic E-state index is 11.3. The van der Waals surface area contributed by atoms with E-state index in [1.165, 1.54) is 12.1 Å². The highest BCUT2D eigenvalue weighted by Crippen LogP contribution is 2.25. The van der Waals surface area contributed by atoms with Crippen LogP contribution in [0.3, 0.4) is 0 Å². The molecule has 0 aromatic heterocycles. The number of anilines is 1. The summed E-state index contributed by atoms with van der Waals surface area (Å²) < 4.78 is 0. The Morgan fingerprint density at radius 2 is 1.70 bits per heavy atom. The minimum Gasteiger partial charge on any atom is -0.478 e. The van der Waals surface area contributed by atoms with Crippen LogP contribution >= 0.6 is 0 Å². The van der Waals surface area contributed by atoms with Gasteiger partial charge in [-0.1, -0.05) is 6.07 Å². The van der Waals surface area contributed by atoms with Gasteiger partial charge in [0.15, 0.2) is 0 Å². The summed E-state index contributed by atoms with van der Waals surface area (Å²) in [5.41, 5.74) is 1.27. The lowest BCUT2D eigenvalue weighted by Gasteiger charge is -2.11. The summed E-state index contributed by atoms with van der Waals surface area (Å²) in [6, 6.07) is 10.9. The normalized spacial score (nSPS) is 10.7. The Bertz CT molecular complexity index is 785. The zero-order valence-electron chi connectivity index (χ0n) is 12.6. The number of hydrogen-bond acceptors (Lipinski definition) is 5. The lowest BCUT2D eigenvalue weighted by molar-refractivity contribution is 0.0696. The Morgan fingerprint density at radius 3 is 2.30 bits per heavy atom. The largest absolute Gasteiger partial charge is 0.478 e. The topological polar surface area (TPSA) is 103 Å². The highest BCUT2D eigenvalue weighted by molar-refractivity contribution is 5.97. The number of carboxylic acid groups (broad SMARTS) is 2. The molecule has 0 spiro atoms. The van der Waals surface area contributed by atoms with Gasteiger partial charge in [0.1, 0.15) is 5.69 Å². The molecule has 2 aromatic carbocycles. The lowest BCUT2D eigenvalue weighted by atomic mass is 10.1. The van der Waals surface area contributed by atoms with Crippen LogP contribution in [0.15, 0.2) is 52.7 Å². The van der Waals surface area contributed by atoms with E-state index in [0.29, 0.717) is 5.69 Å². The molecule has 7 nitrogen and oxygen atoms in total. The lowest BCUT2D eigenvalue weighted by Crippen LogP contribution is -2.07. The summed E-state index contributed by atoms with van der Waals surface area (Å²) >= 11 is 0. The second-order valence-electron chi connectivity index (χ2n) is 4.96. The molecule has 23 heavy (non-hydrogen) atoms. The Morgan fingerprint density at radius 1 is 0.957 bits per heavy atom. The van der Waals surface area contributed by atoms with Crippen LogP contribution in [0.4, 0.5) is 17.1 Å². The zero-order chi connectivity index (χ0) is 17.0. The summed E-state index contributed by atoms with van der Waals surface area (Å²) in [4.78, 5) is 24.1. The number of hydrogen-bond donors (Lipinski definition) is 2. The van der Waals surface area contributed by atoms with E-state index in [4.69, 9.17) is 5.11 Å². The first-order valence-corrected chi connectivity index (χ1v) is 6.68. The summed E-state index contributed by atoms with van der Waals surface area (Å²) in [6.45, 7) is 0. The second kappa shape index (κ2) is 6.69. The van der Waals surface area contributed by atoms with Gasteiger partial charge in [0.25, 0.3) is 0 Å². The minimum absolute atomic E-state index is 0.0951. The number of rotatable bonds is 5. The van der Waals surface area contributed by atoms with Gasteiger partial charge in [0.05, 0.1) is 16.8 Å². The first-order chi connectivity index (χ1) is 10.9. The molecule has 0 aliphatic rings. The molecule has 0 heterocycles. The second-order valence-corrected chi connectivity index (χ2v) is 4.96. The fraction of sp³-hybridized carbons (Fsp3) is 0.125. The third-order valence-electron chi connectivity index (χ3n) is 3.09. The molecule has 0 saturated carbocycles. The maximum Gasteiger partial charge on any atom is 0.337 e. The van der Waals surface area contributed by atoms with Crippen molar-refractivity contribution in [3.8, 4) is 0 Å². The van der Waals surface area contributed by atoms with Gasteiger partial charge < -0.3 is 15.1 Å². The van der Waals surface area contributed by atoms with Crippen molar-refractivity contribution >= 4 is 29.0 Å². The van der Waals surface area contributed by atoms with Crippen molar-refractivity contribution in [1.29, 1.82) is 0 Å². The van der Waals surface area contributed by atoms with Crippen LogP contribution in [0.1, 0.15) is 20.7 Å². The summed E-state index contributed by atoms with van der Waals surface area (Å²) in [5.74, 6) is -2.46. The van der Waals surface area contributed by atoms with Gasteiger partial charge in [-0.05, 0) is 36.4 Å². The van der Waals surface area contributed by atoms with E-state index < -0.39 is 11.9 Å². The van der Waals surface area contributed by atoms with Gasteiger partial charge >= 0.3 is 11.9 Å². The van der Waals surface area contributed by atoms with Gasteiger partial charge in [-0.25, -0.2) is 9.59 Å². The van der Waals surface area contributed by atoms with E-state index in [2.05, 4.69) is 10.2 Å². The molecule has 0 bridgehead atoms. The van der Waals surface area contributed by atoms with Gasteiger partial charge in [-0.2, -0.15) is 5.11 Å². The third-order valence-corrected chi connectivity index (χ3v) is 3.09. The van der Waals surface area contributed by atoms with Crippen LogP contribution in [0.5, 0.6) is 0 Å². The maximum atomic E-state index is 11.3. The number of azo groups is 1. The first-order valence-electron chi connectivity index (χ1n) is 6.68. The summed E-state index contributed by atoms with van der Waals surface area (Å²) in [5, 5.41) is 26.1. The fourth-order valence-electron chi connectivity index (χ4n) is 1.87. The van der Waals surface area contributed by atoms with E-state index in [0.717, 1.165) is 11.8 Å². The SMILES string of the molecule is CN(C)c1cccc(N=Nc2ccc(C(=O)O)cc2C(=O)O)c1. The van der Waals surface area contributed by atoms with Crippen molar-refractivity contribution in [2.45, 2.75) is 0 Å². The third kappa shape index (κ3) is 3.91. The van der Waals surface area contributed by atoms with E-state index in [-0.39, 0.29) is 16.8 Å². The van der Waals surface area contributed by atoms with Crippen LogP contribution in [0.25, 0.3) is 0 Å². The molecule has 0 fully saturated rings. The average molecular weight is 313 g/mol. The van der Waals surface area contributed by atoms with Crippen molar-refractivity contribution in [2.24, 2.45) is 10.2 Å². The van der Waals surface area contributed by atoms with E-state index in [1.807, 2.05) is 31.1 Å². The number of aromatic carboxylic acids is 2. The summed E-state index contributed by atoms with van der Waals surface area (Å²) in [7, 11) is 3.78. The number of carbonyl (C=O) groups is 2. The van der Waals surface area contributed by atoms with Crippen molar-refractivity contribution in [1.82, 2.24) is 0 Å². The first kappa shape index (κ1) is 16.2. The molecule has 0 amide bonds. The molecule has 0 aliphatic heterocycles. The predicted molar refractivity (Wildman–Crippen MR) is 85.3 cm³/mol. The number of carboxylic acids is 2. The van der Waals surface area contributed by atoms with Crippen LogP contribution in [0.2, 0.25) is 0 Å². The molecule has 0 radical (unpaired) electrons. The molecular weight excluding hydrogens is 298 g/mol. The molecule has 2 aromatic rings. The Balaban J connectivity index is 2.37. The summed E-state index contributed by atoms with van der Waals surface area (Å²) in [6.07, 6.45) is 0. The van der Waals surface area contributed by atoms with Gasteiger partial charge in [-0.3, -0.25) is 0 Å². The molecule has 0 saturated heterocycles. The Hall–Kier alpha value is -3.22. The monoisotopic (exact) mass is 313 g/mol. The zero-order valence-corrected chi connectivity index (χ0v) is 12.6. The number of nitrogens with zero attached hydrogens (tertiary/aromatic N) is 3. The molecular formula is C16H15N3O4. The molecule has 2 rings (SSSR count). The van der Waals surface area contributed by atoms with Crippen LogP contribution < -0.4 is 4.90 Å². The van der Waals surface area contributed by atoms with Gasteiger partial charge in [0.2, 0.25) is 0 Å². The van der Waals surface area contributed by atoms with Crippen LogP contribution in [0, 0.1) is 0 Å². The minimum atomic E-state index is -1.26. The Kier molecular flexibility index (Phi) is 4.70. The predicted octanol–water partition coefficient (Wildman–Crippen LogP) is 3.56. The van der Waals surface area contributed by atoms with Gasteiger partial charge in [0, 0.05) is 19.8 Å². The van der Waals surface area contributed by atoms with Crippen molar-refractivity contribution < 1.29 is 19.8 Å². The van der Waals surface area contributed by atoms with Crippen LogP contribution in [-0.4, -0.2) is 36.2 Å². The smallest absolute Gasteiger partial charge is 0.337 e. The number of benzene rings is 2. The van der Waals surface area contributed by atoms with E-state index >= 15 is 0 Å². The average Bonchev–Trinajstić information content (AvgIpc) is 2.52.